The van der Waals surface area contributed by atoms with E-state index in [0.29, 0.717) is 12.5 Å². The SMILES string of the molecule is C=C1/C=C\C(N(c2ccc(F)cc2)c2ccc(-c3ccc(N(c4ccc(F)cc4)c4ccc5c(c4)c4c(n5-c5ccccc5)CCC=C4)cc3)cc2)=C/Cc2ccccc2N1C1CC=CCC1. The maximum Gasteiger partial charge on any atom is 0.123 e. The molecular weight excluding hydrogens is 827 g/mol. The van der Waals surface area contributed by atoms with Crippen LogP contribution in [-0.4, -0.2) is 10.6 Å². The summed E-state index contributed by atoms with van der Waals surface area (Å²) in [5.41, 5.74) is 15.9. The Morgan fingerprint density at radius 1 is 0.552 bits per heavy atom. The molecule has 0 spiro atoms. The van der Waals surface area contributed by atoms with Crippen LogP contribution in [0.5, 0.6) is 0 Å². The van der Waals surface area contributed by atoms with Gasteiger partial charge in [-0.2, -0.15) is 0 Å². The topological polar surface area (TPSA) is 14.7 Å². The van der Waals surface area contributed by atoms with Crippen LogP contribution in [-0.2, 0) is 12.8 Å². The Kier molecular flexibility index (Phi) is 11.3. The monoisotopic (exact) mass is 876 g/mol. The fourth-order valence-electron chi connectivity index (χ4n) is 10.1. The van der Waals surface area contributed by atoms with Crippen LogP contribution in [0, 0.1) is 11.6 Å². The maximum atomic E-state index is 14.4. The molecule has 1 aromatic heterocycles. The number of aromatic nitrogens is 1. The zero-order chi connectivity index (χ0) is 45.3. The van der Waals surface area contributed by atoms with E-state index in [1.807, 2.05) is 24.3 Å². The highest BCUT2D eigenvalue weighted by atomic mass is 19.1. The van der Waals surface area contributed by atoms with E-state index >= 15 is 0 Å². The number of benzene rings is 7. The van der Waals surface area contributed by atoms with Crippen molar-refractivity contribution in [2.24, 2.45) is 0 Å². The Hall–Kier alpha value is -7.96. The van der Waals surface area contributed by atoms with Gasteiger partial charge in [-0.1, -0.05) is 97.6 Å². The van der Waals surface area contributed by atoms with Crippen LogP contribution in [0.3, 0.4) is 0 Å². The molecule has 1 unspecified atom stereocenters. The highest BCUT2D eigenvalue weighted by Crippen LogP contribution is 2.42. The van der Waals surface area contributed by atoms with E-state index in [2.05, 4.69) is 190 Å². The molecule has 0 bridgehead atoms. The lowest BCUT2D eigenvalue weighted by Gasteiger charge is -2.36. The van der Waals surface area contributed by atoms with Gasteiger partial charge in [0.2, 0.25) is 0 Å². The smallest absolute Gasteiger partial charge is 0.123 e. The second-order valence-electron chi connectivity index (χ2n) is 17.5. The summed E-state index contributed by atoms with van der Waals surface area (Å²) in [6.07, 6.45) is 21.4. The van der Waals surface area contributed by atoms with Crippen molar-refractivity contribution in [1.82, 2.24) is 4.57 Å². The van der Waals surface area contributed by atoms with E-state index in [9.17, 15) is 8.78 Å². The van der Waals surface area contributed by atoms with Gasteiger partial charge in [-0.25, -0.2) is 8.78 Å². The third-order valence-electron chi connectivity index (χ3n) is 13.4. The molecule has 0 saturated carbocycles. The molecule has 328 valence electrons. The third kappa shape index (κ3) is 8.21. The summed E-state index contributed by atoms with van der Waals surface area (Å²) < 4.78 is 31.2. The largest absolute Gasteiger partial charge is 0.338 e. The first kappa shape index (κ1) is 41.7. The second kappa shape index (κ2) is 18.1. The van der Waals surface area contributed by atoms with Crippen LogP contribution in [0.2, 0.25) is 0 Å². The first-order chi connectivity index (χ1) is 33.0. The summed E-state index contributed by atoms with van der Waals surface area (Å²) in [5, 5.41) is 1.18. The molecule has 7 aromatic carbocycles. The van der Waals surface area contributed by atoms with Crippen molar-refractivity contribution in [3.05, 3.63) is 253 Å². The van der Waals surface area contributed by atoms with Gasteiger partial charge >= 0.3 is 0 Å². The molecule has 0 radical (unpaired) electrons. The van der Waals surface area contributed by atoms with E-state index < -0.39 is 0 Å². The van der Waals surface area contributed by atoms with E-state index in [1.165, 1.54) is 52.2 Å². The van der Waals surface area contributed by atoms with Gasteiger partial charge in [-0.15, -0.1) is 0 Å². The molecular formula is C61H50F2N4. The van der Waals surface area contributed by atoms with Crippen LogP contribution >= 0.6 is 0 Å². The lowest BCUT2D eigenvalue weighted by molar-refractivity contribution is 0.579. The normalized spacial score (nSPS) is 16.9. The minimum atomic E-state index is -0.280. The Labute approximate surface area is 391 Å². The minimum Gasteiger partial charge on any atom is -0.338 e. The quantitative estimate of drug-likeness (QED) is 0.134. The van der Waals surface area contributed by atoms with Crippen LogP contribution < -0.4 is 14.7 Å². The Morgan fingerprint density at radius 3 is 1.82 bits per heavy atom. The van der Waals surface area contributed by atoms with Gasteiger partial charge < -0.3 is 19.3 Å². The van der Waals surface area contributed by atoms with Crippen molar-refractivity contribution in [3.8, 4) is 16.8 Å². The molecule has 0 N–H and O–H groups in total. The van der Waals surface area contributed by atoms with Gasteiger partial charge in [0.1, 0.15) is 11.6 Å². The Bertz CT molecular complexity index is 3210. The number of anilines is 6. The number of nitrogens with zero attached hydrogens (tertiary/aromatic N) is 4. The summed E-state index contributed by atoms with van der Waals surface area (Å²) in [7, 11) is 0. The van der Waals surface area contributed by atoms with Crippen LogP contribution in [0.15, 0.2) is 224 Å². The summed E-state index contributed by atoms with van der Waals surface area (Å²) in [6, 6.07) is 56.7. The fraction of sp³-hybridized carbons (Fsp3) is 0.115. The van der Waals surface area contributed by atoms with Crippen molar-refractivity contribution in [1.29, 1.82) is 0 Å². The number of para-hydroxylation sites is 2. The van der Waals surface area contributed by atoms with Crippen molar-refractivity contribution < 1.29 is 8.78 Å². The lowest BCUT2D eigenvalue weighted by Crippen LogP contribution is -2.35. The van der Waals surface area contributed by atoms with Crippen molar-refractivity contribution in [2.45, 2.75) is 44.6 Å². The van der Waals surface area contributed by atoms with Crippen LogP contribution in [0.25, 0.3) is 33.8 Å². The van der Waals surface area contributed by atoms with E-state index in [1.54, 1.807) is 0 Å². The molecule has 3 aliphatic rings. The molecule has 8 aromatic rings. The molecule has 1 atom stereocenters. The highest BCUT2D eigenvalue weighted by Gasteiger charge is 2.25. The van der Waals surface area contributed by atoms with Gasteiger partial charge in [0, 0.05) is 73.9 Å². The van der Waals surface area contributed by atoms with E-state index in [4.69, 9.17) is 0 Å². The molecule has 0 fully saturated rings. The number of allylic oxidation sites excluding steroid dienone is 5. The molecule has 6 heteroatoms. The summed E-state index contributed by atoms with van der Waals surface area (Å²) in [4.78, 5) is 6.80. The van der Waals surface area contributed by atoms with E-state index in [-0.39, 0.29) is 11.6 Å². The van der Waals surface area contributed by atoms with Crippen LogP contribution in [0.4, 0.5) is 42.9 Å². The molecule has 2 aliphatic carbocycles. The minimum absolute atomic E-state index is 0.276. The Balaban J connectivity index is 0.930. The van der Waals surface area contributed by atoms with Gasteiger partial charge in [-0.05, 0) is 177 Å². The van der Waals surface area contributed by atoms with Crippen LogP contribution in [0.1, 0.15) is 42.5 Å². The molecule has 2 heterocycles. The number of halogens is 2. The second-order valence-corrected chi connectivity index (χ2v) is 17.5. The molecule has 0 saturated heterocycles. The van der Waals surface area contributed by atoms with Crippen molar-refractivity contribution >= 4 is 51.1 Å². The van der Waals surface area contributed by atoms with Gasteiger partial charge in [-0.3, -0.25) is 0 Å². The zero-order valence-corrected chi connectivity index (χ0v) is 37.3. The van der Waals surface area contributed by atoms with Gasteiger partial charge in [0.25, 0.3) is 0 Å². The average molecular weight is 877 g/mol. The van der Waals surface area contributed by atoms with Crippen molar-refractivity contribution in [2.75, 3.05) is 14.7 Å². The number of rotatable bonds is 9. The number of fused-ring (bicyclic) bond motifs is 4. The molecule has 67 heavy (non-hydrogen) atoms. The third-order valence-corrected chi connectivity index (χ3v) is 13.4. The van der Waals surface area contributed by atoms with Crippen molar-refractivity contribution in [3.63, 3.8) is 0 Å². The zero-order valence-electron chi connectivity index (χ0n) is 37.3. The fourth-order valence-corrected chi connectivity index (χ4v) is 10.1. The predicted octanol–water partition coefficient (Wildman–Crippen LogP) is 16.3. The first-order valence-electron chi connectivity index (χ1n) is 23.3. The standard InChI is InChI=1S/C61H50F2N4/c1-43-20-30-51(35-25-46-12-8-10-18-59(46)64(43)49-13-4-2-5-14-49)65(54-36-26-47(62)27-37-54)52-31-21-44(22-32-52)45-23-33-53(34-24-45)66(55-38-28-48(63)29-39-55)56-40-41-61-58(42-56)57-17-9-11-19-60(57)67(61)50-15-6-3-7-16-50/h2-4,6-10,12,15-18,20-24,26-42,49H,1,5,11,13-14,19,25H2/b30-20-,51-35+. The summed E-state index contributed by atoms with van der Waals surface area (Å²) in [5.74, 6) is -0.555. The Morgan fingerprint density at radius 2 is 1.16 bits per heavy atom. The lowest BCUT2D eigenvalue weighted by atomic mass is 9.97. The average Bonchev–Trinajstić information content (AvgIpc) is 3.73. The number of hydrogen-bond donors (Lipinski definition) is 0. The molecule has 1 aliphatic heterocycles. The van der Waals surface area contributed by atoms with Gasteiger partial charge in [0.15, 0.2) is 0 Å². The number of hydrogen-bond acceptors (Lipinski definition) is 3. The summed E-state index contributed by atoms with van der Waals surface area (Å²) in [6.45, 7) is 4.60. The van der Waals surface area contributed by atoms with E-state index in [0.717, 1.165) is 94.3 Å². The molecule has 11 rings (SSSR count). The predicted molar refractivity (Wildman–Crippen MR) is 275 cm³/mol. The summed E-state index contributed by atoms with van der Waals surface area (Å²) >= 11 is 0. The molecule has 0 amide bonds. The molecule has 4 nitrogen and oxygen atoms in total. The maximum absolute atomic E-state index is 14.4. The first-order valence-corrected chi connectivity index (χ1v) is 23.3. The highest BCUT2D eigenvalue weighted by molar-refractivity contribution is 5.97. The van der Waals surface area contributed by atoms with Gasteiger partial charge in [0.05, 0.1) is 5.52 Å².